The largest absolute Gasteiger partial charge is 0.416 e. The van der Waals surface area contributed by atoms with Crippen LogP contribution in [0.2, 0.25) is 0 Å². The maximum atomic E-state index is 13.7. The Hall–Kier alpha value is -1.89. The summed E-state index contributed by atoms with van der Waals surface area (Å²) in [6, 6.07) is 1.42. The second kappa shape index (κ2) is 5.85. The van der Waals surface area contributed by atoms with E-state index in [1.807, 2.05) is 6.92 Å². The monoisotopic (exact) mass is 301 g/mol. The van der Waals surface area contributed by atoms with Crippen molar-refractivity contribution in [2.24, 2.45) is 5.73 Å². The van der Waals surface area contributed by atoms with Crippen molar-refractivity contribution in [2.45, 2.75) is 32.1 Å². The van der Waals surface area contributed by atoms with Crippen LogP contribution in [-0.2, 0) is 19.1 Å². The van der Waals surface area contributed by atoms with Gasteiger partial charge in [-0.3, -0.25) is 4.68 Å². The number of halogens is 4. The lowest BCUT2D eigenvalue weighted by molar-refractivity contribution is -0.137. The molecule has 0 amide bonds. The van der Waals surface area contributed by atoms with Gasteiger partial charge in [-0.25, -0.2) is 4.39 Å². The molecule has 0 saturated heterocycles. The number of aromatic nitrogens is 2. The van der Waals surface area contributed by atoms with E-state index >= 15 is 0 Å². The van der Waals surface area contributed by atoms with Gasteiger partial charge in [0.1, 0.15) is 5.82 Å². The topological polar surface area (TPSA) is 43.8 Å². The van der Waals surface area contributed by atoms with Gasteiger partial charge in [0.15, 0.2) is 0 Å². The highest BCUT2D eigenvalue weighted by atomic mass is 19.4. The van der Waals surface area contributed by atoms with E-state index < -0.39 is 23.6 Å². The summed E-state index contributed by atoms with van der Waals surface area (Å²) < 4.78 is 53.4. The number of aryl methyl sites for hydroxylation is 1. The molecule has 7 heteroatoms. The molecule has 0 saturated carbocycles. The van der Waals surface area contributed by atoms with Gasteiger partial charge in [0.25, 0.3) is 0 Å². The van der Waals surface area contributed by atoms with Crippen molar-refractivity contribution >= 4 is 0 Å². The van der Waals surface area contributed by atoms with Gasteiger partial charge in [0.2, 0.25) is 0 Å². The lowest BCUT2D eigenvalue weighted by atomic mass is 9.99. The maximum Gasteiger partial charge on any atom is 0.416 e. The Morgan fingerprint density at radius 3 is 2.62 bits per heavy atom. The molecule has 114 valence electrons. The van der Waals surface area contributed by atoms with Crippen molar-refractivity contribution in [3.05, 3.63) is 53.1 Å². The Morgan fingerprint density at radius 2 is 2.05 bits per heavy atom. The predicted octanol–water partition coefficient (Wildman–Crippen LogP) is 3.30. The normalized spacial score (nSPS) is 13.4. The first-order valence-electron chi connectivity index (χ1n) is 6.44. The van der Waals surface area contributed by atoms with Gasteiger partial charge in [-0.15, -0.1) is 0 Å². The molecule has 0 aliphatic carbocycles. The number of benzene rings is 1. The predicted molar refractivity (Wildman–Crippen MR) is 69.9 cm³/mol. The summed E-state index contributed by atoms with van der Waals surface area (Å²) in [5.41, 5.74) is 5.55. The van der Waals surface area contributed by atoms with Crippen LogP contribution >= 0.6 is 0 Å². The first-order valence-corrected chi connectivity index (χ1v) is 6.44. The number of nitrogens with zero attached hydrogens (tertiary/aromatic N) is 2. The molecular weight excluding hydrogens is 286 g/mol. The van der Waals surface area contributed by atoms with Crippen molar-refractivity contribution < 1.29 is 17.6 Å². The summed E-state index contributed by atoms with van der Waals surface area (Å²) in [5.74, 6) is -0.738. The van der Waals surface area contributed by atoms with Crippen molar-refractivity contribution in [3.63, 3.8) is 0 Å². The minimum atomic E-state index is -4.52. The van der Waals surface area contributed by atoms with E-state index in [0.29, 0.717) is 12.6 Å². The average Bonchev–Trinajstić information content (AvgIpc) is 2.85. The van der Waals surface area contributed by atoms with E-state index in [1.54, 1.807) is 17.1 Å². The summed E-state index contributed by atoms with van der Waals surface area (Å²) in [7, 11) is 0. The third-order valence-electron chi connectivity index (χ3n) is 3.19. The minimum Gasteiger partial charge on any atom is -0.324 e. The number of nitrogens with two attached hydrogens (primary N) is 1. The molecule has 1 atom stereocenters. The van der Waals surface area contributed by atoms with Crippen LogP contribution in [0.1, 0.15) is 29.7 Å². The summed E-state index contributed by atoms with van der Waals surface area (Å²) in [5, 5.41) is 4.05. The third-order valence-corrected chi connectivity index (χ3v) is 3.19. The van der Waals surface area contributed by atoms with Crippen molar-refractivity contribution in [1.29, 1.82) is 0 Å². The fraction of sp³-hybridized carbons (Fsp3) is 0.357. The lowest BCUT2D eigenvalue weighted by Gasteiger charge is -2.15. The third kappa shape index (κ3) is 3.60. The Kier molecular flexibility index (Phi) is 4.32. The van der Waals surface area contributed by atoms with Crippen LogP contribution in [-0.4, -0.2) is 9.78 Å². The van der Waals surface area contributed by atoms with E-state index in [9.17, 15) is 17.6 Å². The Morgan fingerprint density at radius 1 is 1.33 bits per heavy atom. The molecule has 2 aromatic rings. The van der Waals surface area contributed by atoms with Crippen LogP contribution in [0.25, 0.3) is 0 Å². The van der Waals surface area contributed by atoms with E-state index in [1.165, 1.54) is 0 Å². The smallest absolute Gasteiger partial charge is 0.324 e. The zero-order valence-corrected chi connectivity index (χ0v) is 11.4. The second-order valence-electron chi connectivity index (χ2n) is 4.75. The molecule has 0 bridgehead atoms. The second-order valence-corrected chi connectivity index (χ2v) is 4.75. The molecule has 0 radical (unpaired) electrons. The van der Waals surface area contributed by atoms with Gasteiger partial charge in [0.05, 0.1) is 11.8 Å². The fourth-order valence-electron chi connectivity index (χ4n) is 2.05. The highest BCUT2D eigenvalue weighted by Crippen LogP contribution is 2.32. The minimum absolute atomic E-state index is 0.144. The molecular formula is C14H15F4N3. The van der Waals surface area contributed by atoms with Crippen LogP contribution in [0.3, 0.4) is 0 Å². The molecule has 0 aliphatic heterocycles. The van der Waals surface area contributed by atoms with Gasteiger partial charge >= 0.3 is 6.18 Å². The molecule has 1 heterocycles. The average molecular weight is 301 g/mol. The van der Waals surface area contributed by atoms with Crippen LogP contribution in [0.4, 0.5) is 17.6 Å². The van der Waals surface area contributed by atoms with Gasteiger partial charge < -0.3 is 5.73 Å². The standard InChI is InChI=1S/C14H15F4N3/c1-2-21-8-9(7-20-21)5-13(19)11-6-10(14(16,17)18)3-4-12(11)15/h3-4,6-8,13H,2,5,19H2,1H3. The zero-order valence-electron chi connectivity index (χ0n) is 11.4. The summed E-state index contributed by atoms with van der Waals surface area (Å²) in [6.07, 6.45) is -0.978. The van der Waals surface area contributed by atoms with Crippen LogP contribution in [0.15, 0.2) is 30.6 Å². The first kappa shape index (κ1) is 15.5. The van der Waals surface area contributed by atoms with Crippen molar-refractivity contribution in [2.75, 3.05) is 0 Å². The van der Waals surface area contributed by atoms with Crippen molar-refractivity contribution in [3.8, 4) is 0 Å². The van der Waals surface area contributed by atoms with Crippen LogP contribution in [0, 0.1) is 5.82 Å². The Bertz CT molecular complexity index is 619. The Labute approximate surface area is 119 Å². The molecule has 2 rings (SSSR count). The summed E-state index contributed by atoms with van der Waals surface area (Å²) >= 11 is 0. The molecule has 21 heavy (non-hydrogen) atoms. The van der Waals surface area contributed by atoms with Crippen LogP contribution in [0.5, 0.6) is 0 Å². The molecule has 1 unspecified atom stereocenters. The molecule has 0 spiro atoms. The van der Waals surface area contributed by atoms with Gasteiger partial charge in [-0.2, -0.15) is 18.3 Å². The number of rotatable bonds is 4. The van der Waals surface area contributed by atoms with Crippen LogP contribution < -0.4 is 5.73 Å². The van der Waals surface area contributed by atoms with Gasteiger partial charge in [-0.05, 0) is 37.1 Å². The molecule has 3 nitrogen and oxygen atoms in total. The maximum absolute atomic E-state index is 13.7. The fourth-order valence-corrected chi connectivity index (χ4v) is 2.05. The SMILES string of the molecule is CCn1cc(CC(N)c2cc(C(F)(F)F)ccc2F)cn1. The molecule has 0 fully saturated rings. The number of hydrogen-bond donors (Lipinski definition) is 1. The number of alkyl halides is 3. The van der Waals surface area contributed by atoms with Gasteiger partial charge in [-0.1, -0.05) is 0 Å². The first-order chi connectivity index (χ1) is 9.81. The molecule has 2 N–H and O–H groups in total. The van der Waals surface area contributed by atoms with E-state index in [4.69, 9.17) is 5.73 Å². The zero-order chi connectivity index (χ0) is 15.6. The molecule has 0 aliphatic rings. The van der Waals surface area contributed by atoms with E-state index in [2.05, 4.69) is 5.10 Å². The summed E-state index contributed by atoms with van der Waals surface area (Å²) in [4.78, 5) is 0. The van der Waals surface area contributed by atoms with Crippen molar-refractivity contribution in [1.82, 2.24) is 9.78 Å². The number of hydrogen-bond acceptors (Lipinski definition) is 2. The quantitative estimate of drug-likeness (QED) is 0.881. The highest BCUT2D eigenvalue weighted by molar-refractivity contribution is 5.30. The highest BCUT2D eigenvalue weighted by Gasteiger charge is 2.31. The van der Waals surface area contributed by atoms with E-state index in [0.717, 1.165) is 17.7 Å². The Balaban J connectivity index is 2.23. The molecule has 1 aromatic heterocycles. The summed E-state index contributed by atoms with van der Waals surface area (Å²) in [6.45, 7) is 2.58. The van der Waals surface area contributed by atoms with Gasteiger partial charge in [0, 0.05) is 24.3 Å². The van der Waals surface area contributed by atoms with E-state index in [-0.39, 0.29) is 12.0 Å². The lowest BCUT2D eigenvalue weighted by Crippen LogP contribution is -2.16. The molecule has 1 aromatic carbocycles.